The minimum Gasteiger partial charge on any atom is -0.496 e. The molecule has 2 aromatic rings. The van der Waals surface area contributed by atoms with Crippen LogP contribution in [0.3, 0.4) is 0 Å². The quantitative estimate of drug-likeness (QED) is 0.781. The van der Waals surface area contributed by atoms with Crippen LogP contribution in [0.1, 0.15) is 36.1 Å². The Balaban J connectivity index is 1.56. The second-order valence-electron chi connectivity index (χ2n) is 7.15. The summed E-state index contributed by atoms with van der Waals surface area (Å²) in [4.78, 5) is 6.54. The summed E-state index contributed by atoms with van der Waals surface area (Å²) in [6, 6.07) is 8.49. The van der Waals surface area contributed by atoms with Gasteiger partial charge < -0.3 is 9.64 Å². The summed E-state index contributed by atoms with van der Waals surface area (Å²) in [7, 11) is 1.26. The molecule has 1 fully saturated rings. The van der Waals surface area contributed by atoms with Crippen molar-refractivity contribution in [3.8, 4) is 5.75 Å². The molecule has 0 bridgehead atoms. The van der Waals surface area contributed by atoms with Crippen LogP contribution in [0.2, 0.25) is 0 Å². The van der Waals surface area contributed by atoms with Crippen LogP contribution in [0.15, 0.2) is 36.5 Å². The Kier molecular flexibility index (Phi) is 4.09. The lowest BCUT2D eigenvalue weighted by Gasteiger charge is -2.41. The molecule has 4 rings (SSSR count). The third-order valence-electron chi connectivity index (χ3n) is 5.88. The highest BCUT2D eigenvalue weighted by molar-refractivity contribution is 5.55. The van der Waals surface area contributed by atoms with Crippen molar-refractivity contribution in [2.45, 2.75) is 37.3 Å². The maximum absolute atomic E-state index is 13.3. The maximum Gasteiger partial charge on any atom is 0.420 e. The monoisotopic (exact) mass is 362 g/mol. The molecule has 138 valence electrons. The summed E-state index contributed by atoms with van der Waals surface area (Å²) in [5.74, 6) is -0.134. The van der Waals surface area contributed by atoms with Gasteiger partial charge in [-0.25, -0.2) is 0 Å². The molecule has 0 atom stereocenters. The second kappa shape index (κ2) is 6.18. The van der Waals surface area contributed by atoms with Gasteiger partial charge in [0.05, 0.1) is 12.7 Å². The highest BCUT2D eigenvalue weighted by Gasteiger charge is 2.42. The first-order valence-corrected chi connectivity index (χ1v) is 8.87. The highest BCUT2D eigenvalue weighted by Crippen LogP contribution is 2.46. The van der Waals surface area contributed by atoms with Gasteiger partial charge in [-0.05, 0) is 55.5 Å². The molecule has 2 aliphatic rings. The number of ether oxygens (including phenoxy) is 1. The fourth-order valence-electron chi connectivity index (χ4n) is 4.44. The van der Waals surface area contributed by atoms with Gasteiger partial charge in [-0.15, -0.1) is 0 Å². The molecule has 1 aromatic carbocycles. The summed E-state index contributed by atoms with van der Waals surface area (Å²) >= 11 is 0. The first-order chi connectivity index (χ1) is 12.4. The van der Waals surface area contributed by atoms with Crippen LogP contribution in [-0.2, 0) is 18.0 Å². The zero-order valence-electron chi connectivity index (χ0n) is 14.6. The third-order valence-corrected chi connectivity index (χ3v) is 5.88. The number of aromatic nitrogens is 1. The van der Waals surface area contributed by atoms with Crippen LogP contribution in [0.4, 0.5) is 18.9 Å². The van der Waals surface area contributed by atoms with Crippen molar-refractivity contribution >= 4 is 5.69 Å². The Labute approximate surface area is 150 Å². The number of benzene rings is 1. The van der Waals surface area contributed by atoms with Gasteiger partial charge in [-0.2, -0.15) is 13.2 Å². The fourth-order valence-corrected chi connectivity index (χ4v) is 4.44. The Hall–Kier alpha value is -2.24. The molecule has 1 aliphatic carbocycles. The molecule has 2 heterocycles. The second-order valence-corrected chi connectivity index (χ2v) is 7.15. The molecule has 1 aliphatic heterocycles. The van der Waals surface area contributed by atoms with Crippen molar-refractivity contribution in [2.75, 3.05) is 25.1 Å². The number of rotatable bonds is 2. The van der Waals surface area contributed by atoms with E-state index in [0.29, 0.717) is 5.69 Å². The van der Waals surface area contributed by atoms with Crippen LogP contribution in [0.25, 0.3) is 0 Å². The summed E-state index contributed by atoms with van der Waals surface area (Å²) in [5, 5.41) is 0. The number of hydrogen-bond donors (Lipinski definition) is 0. The van der Waals surface area contributed by atoms with E-state index < -0.39 is 11.7 Å². The minimum absolute atomic E-state index is 0.134. The summed E-state index contributed by atoms with van der Waals surface area (Å²) < 4.78 is 44.7. The van der Waals surface area contributed by atoms with E-state index in [0.717, 1.165) is 38.8 Å². The summed E-state index contributed by atoms with van der Waals surface area (Å²) in [5.41, 5.74) is 2.56. The Bertz CT molecular complexity index is 811. The molecular formula is C20H21F3N2O. The van der Waals surface area contributed by atoms with Crippen molar-refractivity contribution in [3.05, 3.63) is 53.3 Å². The van der Waals surface area contributed by atoms with Crippen molar-refractivity contribution in [2.24, 2.45) is 0 Å². The van der Waals surface area contributed by atoms with Crippen molar-refractivity contribution < 1.29 is 17.9 Å². The molecule has 26 heavy (non-hydrogen) atoms. The van der Waals surface area contributed by atoms with Gasteiger partial charge in [0.25, 0.3) is 0 Å². The lowest BCUT2D eigenvalue weighted by atomic mass is 9.74. The SMILES string of the molecule is COc1ccc(N2CCC3(CCc4ncccc43)CC2)cc1C(F)(F)F. The van der Waals surface area contributed by atoms with Crippen molar-refractivity contribution in [3.63, 3.8) is 0 Å². The summed E-state index contributed by atoms with van der Waals surface area (Å²) in [6.07, 6.45) is 1.39. The van der Waals surface area contributed by atoms with E-state index in [1.165, 1.54) is 30.5 Å². The standard InChI is InChI=1S/C20H21F3N2O/c1-26-18-5-4-14(13-16(18)20(21,22)23)25-11-8-19(9-12-25)7-6-17-15(19)3-2-10-24-17/h2-5,10,13H,6-9,11-12H2,1H3. The molecule has 0 amide bonds. The van der Waals surface area contributed by atoms with Crippen LogP contribution < -0.4 is 9.64 Å². The normalized spacial score (nSPS) is 18.8. The predicted molar refractivity (Wildman–Crippen MR) is 93.7 cm³/mol. The number of fused-ring (bicyclic) bond motifs is 2. The first-order valence-electron chi connectivity index (χ1n) is 8.87. The smallest absolute Gasteiger partial charge is 0.420 e. The number of hydrogen-bond acceptors (Lipinski definition) is 3. The molecule has 6 heteroatoms. The van der Waals surface area contributed by atoms with Gasteiger partial charge in [0.2, 0.25) is 0 Å². The number of anilines is 1. The highest BCUT2D eigenvalue weighted by atomic mass is 19.4. The van der Waals surface area contributed by atoms with E-state index >= 15 is 0 Å². The Morgan fingerprint density at radius 3 is 2.58 bits per heavy atom. The molecule has 0 unspecified atom stereocenters. The van der Waals surface area contributed by atoms with E-state index in [1.807, 2.05) is 17.2 Å². The fraction of sp³-hybridized carbons (Fsp3) is 0.450. The molecular weight excluding hydrogens is 341 g/mol. The first kappa shape index (κ1) is 17.2. The van der Waals surface area contributed by atoms with E-state index in [-0.39, 0.29) is 11.2 Å². The van der Waals surface area contributed by atoms with Gasteiger partial charge in [0, 0.05) is 36.1 Å². The summed E-state index contributed by atoms with van der Waals surface area (Å²) in [6.45, 7) is 1.50. The lowest BCUT2D eigenvalue weighted by Crippen LogP contribution is -2.41. The molecule has 0 radical (unpaired) electrons. The number of methoxy groups -OCH3 is 1. The van der Waals surface area contributed by atoms with Gasteiger partial charge in [0.15, 0.2) is 0 Å². The van der Waals surface area contributed by atoms with Crippen molar-refractivity contribution in [1.82, 2.24) is 4.98 Å². The zero-order chi connectivity index (χ0) is 18.4. The van der Waals surface area contributed by atoms with E-state index in [4.69, 9.17) is 4.74 Å². The maximum atomic E-state index is 13.3. The minimum atomic E-state index is -4.42. The molecule has 3 nitrogen and oxygen atoms in total. The van der Waals surface area contributed by atoms with Crippen LogP contribution in [0, 0.1) is 0 Å². The van der Waals surface area contributed by atoms with Crippen LogP contribution in [0.5, 0.6) is 5.75 Å². The zero-order valence-corrected chi connectivity index (χ0v) is 14.6. The van der Waals surface area contributed by atoms with Gasteiger partial charge in [0.1, 0.15) is 5.75 Å². The molecule has 0 N–H and O–H groups in total. The number of alkyl halides is 3. The molecule has 1 saturated heterocycles. The van der Waals surface area contributed by atoms with Crippen molar-refractivity contribution in [1.29, 1.82) is 0 Å². The Morgan fingerprint density at radius 2 is 1.88 bits per heavy atom. The average molecular weight is 362 g/mol. The van der Waals surface area contributed by atoms with Gasteiger partial charge in [-0.1, -0.05) is 6.07 Å². The van der Waals surface area contributed by atoms with Gasteiger partial charge >= 0.3 is 6.18 Å². The van der Waals surface area contributed by atoms with E-state index in [2.05, 4.69) is 11.1 Å². The van der Waals surface area contributed by atoms with Gasteiger partial charge in [-0.3, -0.25) is 4.98 Å². The van der Waals surface area contributed by atoms with E-state index in [9.17, 15) is 13.2 Å². The number of aryl methyl sites for hydroxylation is 1. The van der Waals surface area contributed by atoms with Crippen LogP contribution >= 0.6 is 0 Å². The largest absolute Gasteiger partial charge is 0.496 e. The number of nitrogens with zero attached hydrogens (tertiary/aromatic N) is 2. The third kappa shape index (κ3) is 2.81. The predicted octanol–water partition coefficient (Wildman–Crippen LogP) is 4.59. The number of pyridine rings is 1. The Morgan fingerprint density at radius 1 is 1.12 bits per heavy atom. The number of halogens is 3. The molecule has 0 saturated carbocycles. The van der Waals surface area contributed by atoms with E-state index in [1.54, 1.807) is 6.07 Å². The molecule has 1 spiro atoms. The topological polar surface area (TPSA) is 25.4 Å². The average Bonchev–Trinajstić information content (AvgIpc) is 3.00. The van der Waals surface area contributed by atoms with Crippen LogP contribution in [-0.4, -0.2) is 25.2 Å². The number of piperidine rings is 1. The lowest BCUT2D eigenvalue weighted by molar-refractivity contribution is -0.138. The molecule has 1 aromatic heterocycles.